The zero-order valence-corrected chi connectivity index (χ0v) is 13.6. The lowest BCUT2D eigenvalue weighted by Gasteiger charge is -2.10. The average molecular weight is 331 g/mol. The van der Waals surface area contributed by atoms with E-state index in [1.807, 2.05) is 37.3 Å². The van der Waals surface area contributed by atoms with Gasteiger partial charge in [0.15, 0.2) is 0 Å². The number of thioether (sulfide) groups is 1. The molecule has 0 aliphatic carbocycles. The molecule has 2 aromatic rings. The quantitative estimate of drug-likeness (QED) is 0.650. The Hall–Kier alpha value is -2.28. The Morgan fingerprint density at radius 3 is 2.78 bits per heavy atom. The average Bonchev–Trinajstić information content (AvgIpc) is 3.13. The number of aromatic nitrogens is 1. The molecule has 7 heteroatoms. The van der Waals surface area contributed by atoms with Gasteiger partial charge in [-0.15, -0.1) is 0 Å². The summed E-state index contributed by atoms with van der Waals surface area (Å²) < 4.78 is 5.33. The number of amides is 3. The van der Waals surface area contributed by atoms with Gasteiger partial charge in [0, 0.05) is 23.9 Å². The van der Waals surface area contributed by atoms with Crippen molar-refractivity contribution in [2.24, 2.45) is 0 Å². The van der Waals surface area contributed by atoms with Crippen LogP contribution in [0.1, 0.15) is 11.3 Å². The van der Waals surface area contributed by atoms with E-state index in [-0.39, 0.29) is 18.5 Å². The predicted octanol–water partition coefficient (Wildman–Crippen LogP) is 2.44. The topological polar surface area (TPSA) is 75.4 Å². The maximum absolute atomic E-state index is 11.4. The van der Waals surface area contributed by atoms with E-state index >= 15 is 0 Å². The van der Waals surface area contributed by atoms with Gasteiger partial charge in [-0.25, -0.2) is 4.79 Å². The minimum atomic E-state index is -0.308. The number of hydrogen-bond acceptors (Lipinski definition) is 5. The van der Waals surface area contributed by atoms with Gasteiger partial charge < -0.3 is 9.84 Å². The number of aryl methyl sites for hydroxylation is 1. The van der Waals surface area contributed by atoms with Crippen LogP contribution in [0.2, 0.25) is 0 Å². The molecule has 0 spiro atoms. The highest BCUT2D eigenvalue weighted by molar-refractivity contribution is 7.98. The van der Waals surface area contributed by atoms with Gasteiger partial charge in [0.1, 0.15) is 11.5 Å². The molecule has 3 rings (SSSR count). The first kappa shape index (κ1) is 15.6. The Kier molecular flexibility index (Phi) is 4.66. The van der Waals surface area contributed by atoms with Gasteiger partial charge in [-0.3, -0.25) is 9.69 Å². The molecule has 23 heavy (non-hydrogen) atoms. The van der Waals surface area contributed by atoms with Crippen LogP contribution in [0.15, 0.2) is 34.9 Å². The number of urea groups is 1. The van der Waals surface area contributed by atoms with Gasteiger partial charge >= 0.3 is 6.03 Å². The molecule has 3 amide bonds. The van der Waals surface area contributed by atoms with E-state index in [9.17, 15) is 9.59 Å². The normalized spacial score (nSPS) is 14.4. The van der Waals surface area contributed by atoms with Gasteiger partial charge in [-0.05, 0) is 6.92 Å². The molecule has 1 aliphatic rings. The molecule has 0 bridgehead atoms. The second-order valence-electron chi connectivity index (χ2n) is 5.30. The van der Waals surface area contributed by atoms with Gasteiger partial charge in [0.25, 0.3) is 0 Å². The number of hydrogen-bond donors (Lipinski definition) is 1. The Morgan fingerprint density at radius 2 is 2.09 bits per heavy atom. The highest BCUT2D eigenvalue weighted by atomic mass is 32.2. The third-order valence-corrected chi connectivity index (χ3v) is 4.51. The standard InChI is InChI=1S/C16H17N3O3S/c1-11-2-4-12(5-3-11)14-8-13(22-18-14)10-23-7-6-19-15(20)9-17-16(19)21/h2-5,8H,6-7,9-10H2,1H3,(H,17,21). The summed E-state index contributed by atoms with van der Waals surface area (Å²) in [6.07, 6.45) is 0. The third-order valence-electron chi connectivity index (χ3n) is 3.55. The van der Waals surface area contributed by atoms with E-state index in [1.54, 1.807) is 11.8 Å². The molecular weight excluding hydrogens is 314 g/mol. The fourth-order valence-electron chi connectivity index (χ4n) is 2.25. The molecule has 1 aliphatic heterocycles. The molecule has 0 saturated carbocycles. The van der Waals surface area contributed by atoms with Crippen molar-refractivity contribution in [2.75, 3.05) is 18.8 Å². The lowest BCUT2D eigenvalue weighted by Crippen LogP contribution is -2.32. The number of nitrogens with zero attached hydrogens (tertiary/aromatic N) is 2. The van der Waals surface area contributed by atoms with Crippen LogP contribution in [0, 0.1) is 6.92 Å². The van der Waals surface area contributed by atoms with Crippen molar-refractivity contribution in [3.8, 4) is 11.3 Å². The van der Waals surface area contributed by atoms with Crippen molar-refractivity contribution in [1.82, 2.24) is 15.4 Å². The van der Waals surface area contributed by atoms with Crippen LogP contribution < -0.4 is 5.32 Å². The molecule has 2 heterocycles. The summed E-state index contributed by atoms with van der Waals surface area (Å²) in [5.41, 5.74) is 3.04. The first-order valence-electron chi connectivity index (χ1n) is 7.32. The largest absolute Gasteiger partial charge is 0.360 e. The molecule has 0 radical (unpaired) electrons. The van der Waals surface area contributed by atoms with Crippen molar-refractivity contribution in [1.29, 1.82) is 0 Å². The zero-order valence-electron chi connectivity index (χ0n) is 12.7. The first-order chi connectivity index (χ1) is 11.1. The van der Waals surface area contributed by atoms with Crippen molar-refractivity contribution in [3.63, 3.8) is 0 Å². The monoisotopic (exact) mass is 331 g/mol. The van der Waals surface area contributed by atoms with E-state index in [1.165, 1.54) is 10.5 Å². The molecule has 1 fully saturated rings. The number of rotatable bonds is 6. The molecule has 1 aromatic carbocycles. The maximum atomic E-state index is 11.4. The van der Waals surface area contributed by atoms with E-state index in [0.717, 1.165) is 17.0 Å². The summed E-state index contributed by atoms with van der Waals surface area (Å²) in [6.45, 7) is 2.56. The van der Waals surface area contributed by atoms with E-state index in [0.29, 0.717) is 18.1 Å². The van der Waals surface area contributed by atoms with Gasteiger partial charge in [0.2, 0.25) is 5.91 Å². The lowest BCUT2D eigenvalue weighted by atomic mass is 10.1. The fraction of sp³-hybridized carbons (Fsp3) is 0.312. The number of nitrogens with one attached hydrogen (secondary N) is 1. The molecule has 1 N–H and O–H groups in total. The molecule has 6 nitrogen and oxygen atoms in total. The molecule has 1 saturated heterocycles. The van der Waals surface area contributed by atoms with Crippen LogP contribution >= 0.6 is 11.8 Å². The van der Waals surface area contributed by atoms with Crippen LogP contribution in [-0.2, 0) is 10.5 Å². The third kappa shape index (κ3) is 3.73. The minimum absolute atomic E-state index is 0.103. The maximum Gasteiger partial charge on any atom is 0.324 e. The van der Waals surface area contributed by atoms with Gasteiger partial charge in [-0.2, -0.15) is 11.8 Å². The second-order valence-corrected chi connectivity index (χ2v) is 6.41. The summed E-state index contributed by atoms with van der Waals surface area (Å²) >= 11 is 1.60. The van der Waals surface area contributed by atoms with Crippen LogP contribution in [0.4, 0.5) is 4.79 Å². The zero-order chi connectivity index (χ0) is 16.2. The summed E-state index contributed by atoms with van der Waals surface area (Å²) in [5, 5.41) is 6.58. The minimum Gasteiger partial charge on any atom is -0.360 e. The van der Waals surface area contributed by atoms with Crippen molar-refractivity contribution >= 4 is 23.7 Å². The first-order valence-corrected chi connectivity index (χ1v) is 8.47. The van der Waals surface area contributed by atoms with E-state index < -0.39 is 0 Å². The Morgan fingerprint density at radius 1 is 1.30 bits per heavy atom. The molecule has 0 atom stereocenters. The number of imide groups is 1. The van der Waals surface area contributed by atoms with Crippen LogP contribution in [0.3, 0.4) is 0 Å². The summed E-state index contributed by atoms with van der Waals surface area (Å²) in [7, 11) is 0. The Balaban J connectivity index is 1.49. The van der Waals surface area contributed by atoms with Crippen LogP contribution in [0.25, 0.3) is 11.3 Å². The molecule has 120 valence electrons. The van der Waals surface area contributed by atoms with Crippen LogP contribution in [0.5, 0.6) is 0 Å². The number of carbonyl (C=O) groups excluding carboxylic acids is 2. The lowest BCUT2D eigenvalue weighted by molar-refractivity contribution is -0.124. The highest BCUT2D eigenvalue weighted by Gasteiger charge is 2.27. The van der Waals surface area contributed by atoms with E-state index in [4.69, 9.17) is 4.52 Å². The summed E-state index contributed by atoms with van der Waals surface area (Å²) in [4.78, 5) is 24.1. The van der Waals surface area contributed by atoms with Crippen molar-refractivity contribution in [3.05, 3.63) is 41.7 Å². The van der Waals surface area contributed by atoms with Gasteiger partial charge in [-0.1, -0.05) is 35.0 Å². The van der Waals surface area contributed by atoms with Crippen molar-refractivity contribution < 1.29 is 14.1 Å². The summed E-state index contributed by atoms with van der Waals surface area (Å²) in [5.74, 6) is 1.93. The van der Waals surface area contributed by atoms with Gasteiger partial charge in [0.05, 0.1) is 12.3 Å². The SMILES string of the molecule is Cc1ccc(-c2cc(CSCCN3C(=O)CNC3=O)on2)cc1. The highest BCUT2D eigenvalue weighted by Crippen LogP contribution is 2.22. The number of benzene rings is 1. The Bertz CT molecular complexity index is 696. The van der Waals surface area contributed by atoms with Crippen LogP contribution in [-0.4, -0.2) is 40.8 Å². The number of carbonyl (C=O) groups is 2. The summed E-state index contributed by atoms with van der Waals surface area (Å²) in [6, 6.07) is 9.72. The smallest absolute Gasteiger partial charge is 0.324 e. The molecule has 0 unspecified atom stereocenters. The fourth-order valence-corrected chi connectivity index (χ4v) is 3.04. The van der Waals surface area contributed by atoms with E-state index in [2.05, 4.69) is 10.5 Å². The molecule has 1 aromatic heterocycles. The predicted molar refractivity (Wildman–Crippen MR) is 87.9 cm³/mol. The second kappa shape index (κ2) is 6.87. The molecular formula is C16H17N3O3S. The van der Waals surface area contributed by atoms with Crippen molar-refractivity contribution in [2.45, 2.75) is 12.7 Å². The Labute approximate surface area is 138 Å².